The fourth-order valence-corrected chi connectivity index (χ4v) is 4.35. The summed E-state index contributed by atoms with van der Waals surface area (Å²) in [6.45, 7) is 12.7. The van der Waals surface area contributed by atoms with Gasteiger partial charge in [0.25, 0.3) is 0 Å². The number of benzene rings is 1. The first-order chi connectivity index (χ1) is 11.5. The molecule has 2 aromatic rings. The topological polar surface area (TPSA) is 28.1 Å². The van der Waals surface area contributed by atoms with Crippen molar-refractivity contribution in [2.24, 2.45) is 16.3 Å². The van der Waals surface area contributed by atoms with Gasteiger partial charge in [0, 0.05) is 28.4 Å². The second-order valence-corrected chi connectivity index (χ2v) is 7.36. The number of hydrogen-bond donors (Lipinski definition) is 1. The van der Waals surface area contributed by atoms with Crippen molar-refractivity contribution in [2.75, 3.05) is 0 Å². The molecule has 1 aliphatic rings. The Labute approximate surface area is 149 Å². The summed E-state index contributed by atoms with van der Waals surface area (Å²) in [6, 6.07) is 8.46. The van der Waals surface area contributed by atoms with Gasteiger partial charge in [-0.1, -0.05) is 43.4 Å². The largest absolute Gasteiger partial charge is 0.361 e. The molecular formula is C21H24N2S. The molecular weight excluding hydrogens is 312 g/mol. The Hall–Kier alpha value is -1.96. The predicted octanol–water partition coefficient (Wildman–Crippen LogP) is 5.90. The third-order valence-electron chi connectivity index (χ3n) is 5.71. The Morgan fingerprint density at radius 1 is 1.46 bits per heavy atom. The highest BCUT2D eigenvalue weighted by molar-refractivity contribution is 7.78. The molecule has 1 aromatic carbocycles. The second-order valence-electron chi connectivity index (χ2n) is 7.18. The fraction of sp³-hybridized carbons (Fsp3) is 0.381. The third-order valence-corrected chi connectivity index (χ3v) is 5.82. The number of fused-ring (bicyclic) bond motifs is 1. The average Bonchev–Trinajstić information content (AvgIpc) is 3.00. The van der Waals surface area contributed by atoms with Gasteiger partial charge < -0.3 is 4.98 Å². The maximum Gasteiger partial charge on any atom is 0.0765 e. The molecule has 4 atom stereocenters. The van der Waals surface area contributed by atoms with E-state index in [1.54, 1.807) is 0 Å². The highest BCUT2D eigenvalue weighted by Crippen LogP contribution is 2.52. The number of nitrogens with one attached hydrogen (secondary N) is 1. The van der Waals surface area contributed by atoms with Gasteiger partial charge in [0.1, 0.15) is 0 Å². The lowest BCUT2D eigenvalue weighted by molar-refractivity contribution is 0.174. The molecule has 0 saturated heterocycles. The summed E-state index contributed by atoms with van der Waals surface area (Å²) in [6.07, 6.45) is 6.31. The zero-order chi connectivity index (χ0) is 17.3. The standard InChI is InChI=1S/C21H24N2S/c1-5-21(4)11-10-15(14(2)3)19(20(21)23-13-24)17-12-22-18-9-7-6-8-16(17)18/h5-9,12,15,19-20,22H,1-2,10-11H2,3-4H3/t15-,19+,20-,21-/m1/s1. The predicted molar refractivity (Wildman–Crippen MR) is 106 cm³/mol. The van der Waals surface area contributed by atoms with Crippen LogP contribution in [0.1, 0.15) is 38.2 Å². The zero-order valence-electron chi connectivity index (χ0n) is 14.4. The molecule has 0 unspecified atom stereocenters. The Morgan fingerprint density at radius 3 is 2.88 bits per heavy atom. The third kappa shape index (κ3) is 2.68. The molecule has 24 heavy (non-hydrogen) atoms. The van der Waals surface area contributed by atoms with Crippen molar-refractivity contribution in [3.63, 3.8) is 0 Å². The lowest BCUT2D eigenvalue weighted by Crippen LogP contribution is -2.42. The number of isothiocyanates is 1. The molecule has 2 nitrogen and oxygen atoms in total. The Kier molecular flexibility index (Phi) is 4.58. The van der Waals surface area contributed by atoms with E-state index in [9.17, 15) is 0 Å². The zero-order valence-corrected chi connectivity index (χ0v) is 15.2. The molecule has 3 heteroatoms. The lowest BCUT2D eigenvalue weighted by atomic mass is 9.59. The van der Waals surface area contributed by atoms with Crippen molar-refractivity contribution in [1.82, 2.24) is 4.98 Å². The molecule has 1 heterocycles. The van der Waals surface area contributed by atoms with Gasteiger partial charge in [0.15, 0.2) is 0 Å². The van der Waals surface area contributed by atoms with Crippen LogP contribution < -0.4 is 0 Å². The minimum Gasteiger partial charge on any atom is -0.361 e. The van der Waals surface area contributed by atoms with E-state index in [0.29, 0.717) is 5.92 Å². The minimum atomic E-state index is -0.0825. The summed E-state index contributed by atoms with van der Waals surface area (Å²) in [7, 11) is 0. The first kappa shape index (κ1) is 16.9. The van der Waals surface area contributed by atoms with Crippen LogP contribution in [0.3, 0.4) is 0 Å². The van der Waals surface area contributed by atoms with Crippen LogP contribution in [0, 0.1) is 11.3 Å². The molecule has 0 bridgehead atoms. The van der Waals surface area contributed by atoms with Gasteiger partial charge in [-0.15, -0.1) is 6.58 Å². The van der Waals surface area contributed by atoms with E-state index in [0.717, 1.165) is 18.4 Å². The number of para-hydroxylation sites is 1. The number of H-pyrrole nitrogens is 1. The smallest absolute Gasteiger partial charge is 0.0765 e. The van der Waals surface area contributed by atoms with Gasteiger partial charge >= 0.3 is 0 Å². The van der Waals surface area contributed by atoms with Crippen molar-refractivity contribution in [2.45, 2.75) is 38.6 Å². The summed E-state index contributed by atoms with van der Waals surface area (Å²) < 4.78 is 0. The number of aromatic amines is 1. The van der Waals surface area contributed by atoms with Crippen LogP contribution in [-0.4, -0.2) is 16.2 Å². The van der Waals surface area contributed by atoms with E-state index in [1.807, 2.05) is 6.08 Å². The SMILES string of the molecule is C=C[C@]1(C)CC[C@H](C(=C)C)[C@@H](c2c[nH]c3ccccc23)[C@H]1N=C=S. The molecule has 0 aliphatic heterocycles. The van der Waals surface area contributed by atoms with Crippen molar-refractivity contribution < 1.29 is 0 Å². The van der Waals surface area contributed by atoms with Crippen LogP contribution in [0.5, 0.6) is 0 Å². The van der Waals surface area contributed by atoms with E-state index in [2.05, 4.69) is 72.6 Å². The summed E-state index contributed by atoms with van der Waals surface area (Å²) in [5.74, 6) is 0.611. The molecule has 124 valence electrons. The van der Waals surface area contributed by atoms with Crippen molar-refractivity contribution >= 4 is 28.3 Å². The summed E-state index contributed by atoms with van der Waals surface area (Å²) in [5, 5.41) is 3.90. The van der Waals surface area contributed by atoms with Crippen molar-refractivity contribution in [3.05, 3.63) is 60.8 Å². The molecule has 1 fully saturated rings. The number of hydrogen-bond acceptors (Lipinski definition) is 2. The van der Waals surface area contributed by atoms with Gasteiger partial charge in [-0.2, -0.15) is 0 Å². The monoisotopic (exact) mass is 336 g/mol. The lowest BCUT2D eigenvalue weighted by Gasteiger charge is -2.46. The van der Waals surface area contributed by atoms with E-state index < -0.39 is 0 Å². The summed E-state index contributed by atoms with van der Waals surface area (Å²) in [4.78, 5) is 8.03. The first-order valence-electron chi connectivity index (χ1n) is 8.44. The number of allylic oxidation sites excluding steroid dienone is 1. The quantitative estimate of drug-likeness (QED) is 0.420. The van der Waals surface area contributed by atoms with Crippen LogP contribution in [0.25, 0.3) is 10.9 Å². The second kappa shape index (κ2) is 6.51. The van der Waals surface area contributed by atoms with E-state index in [-0.39, 0.29) is 17.4 Å². The molecule has 1 aromatic heterocycles. The van der Waals surface area contributed by atoms with Crippen molar-refractivity contribution in [3.8, 4) is 0 Å². The van der Waals surface area contributed by atoms with Crippen LogP contribution in [0.2, 0.25) is 0 Å². The molecule has 0 spiro atoms. The van der Waals surface area contributed by atoms with Crippen LogP contribution in [-0.2, 0) is 0 Å². The highest BCUT2D eigenvalue weighted by Gasteiger charge is 2.46. The highest BCUT2D eigenvalue weighted by atomic mass is 32.1. The molecule has 1 aliphatic carbocycles. The normalized spacial score (nSPS) is 29.8. The number of rotatable bonds is 4. The first-order valence-corrected chi connectivity index (χ1v) is 8.84. The Bertz CT molecular complexity index is 827. The Morgan fingerprint density at radius 2 is 2.21 bits per heavy atom. The van der Waals surface area contributed by atoms with Gasteiger partial charge in [-0.25, -0.2) is 4.99 Å². The van der Waals surface area contributed by atoms with E-state index >= 15 is 0 Å². The molecule has 0 amide bonds. The van der Waals surface area contributed by atoms with Crippen molar-refractivity contribution in [1.29, 1.82) is 0 Å². The van der Waals surface area contributed by atoms with E-state index in [4.69, 9.17) is 12.2 Å². The summed E-state index contributed by atoms with van der Waals surface area (Å²) >= 11 is 4.98. The van der Waals surface area contributed by atoms with Gasteiger partial charge in [0.2, 0.25) is 0 Å². The molecule has 1 N–H and O–H groups in total. The maximum absolute atomic E-state index is 4.98. The average molecular weight is 337 g/mol. The Balaban J connectivity index is 2.21. The maximum atomic E-state index is 4.98. The molecule has 3 rings (SSSR count). The molecule has 0 radical (unpaired) electrons. The van der Waals surface area contributed by atoms with Crippen LogP contribution >= 0.6 is 12.2 Å². The number of aliphatic imine (C=N–C) groups is 1. The van der Waals surface area contributed by atoms with Gasteiger partial charge in [0.05, 0.1) is 11.2 Å². The minimum absolute atomic E-state index is 0.0298. The fourth-order valence-electron chi connectivity index (χ4n) is 4.24. The number of nitrogens with zero attached hydrogens (tertiary/aromatic N) is 1. The van der Waals surface area contributed by atoms with Gasteiger partial charge in [-0.3, -0.25) is 0 Å². The van der Waals surface area contributed by atoms with Crippen LogP contribution in [0.4, 0.5) is 0 Å². The molecule has 1 saturated carbocycles. The number of aromatic nitrogens is 1. The van der Waals surface area contributed by atoms with Crippen LogP contribution in [0.15, 0.2) is 60.3 Å². The van der Waals surface area contributed by atoms with Gasteiger partial charge in [-0.05, 0) is 49.5 Å². The summed E-state index contributed by atoms with van der Waals surface area (Å²) in [5.41, 5.74) is 3.58. The van der Waals surface area contributed by atoms with E-state index in [1.165, 1.54) is 16.5 Å². The number of thiocarbonyl (C=S) groups is 1.